The molecule has 21 heavy (non-hydrogen) atoms. The molecule has 0 saturated heterocycles. The first-order valence-electron chi connectivity index (χ1n) is 7.35. The predicted molar refractivity (Wildman–Crippen MR) is 83.5 cm³/mol. The first-order valence-corrected chi connectivity index (χ1v) is 7.35. The topological polar surface area (TPSA) is 52.8 Å². The molecule has 1 aliphatic carbocycles. The highest BCUT2D eigenvalue weighted by Crippen LogP contribution is 2.35. The van der Waals surface area contributed by atoms with Gasteiger partial charge in [-0.15, -0.1) is 0 Å². The largest absolute Gasteiger partial charge is 0.345 e. The normalized spacial score (nSPS) is 21.8. The van der Waals surface area contributed by atoms with Gasteiger partial charge >= 0.3 is 0 Å². The second-order valence-electron chi connectivity index (χ2n) is 5.62. The molecule has 0 bridgehead atoms. The van der Waals surface area contributed by atoms with Gasteiger partial charge in [-0.2, -0.15) is 0 Å². The van der Waals surface area contributed by atoms with Gasteiger partial charge in [0.15, 0.2) is 0 Å². The molecule has 1 aromatic heterocycles. The number of nitrogens with one attached hydrogen (secondary N) is 1. The maximum Gasteiger partial charge on any atom is 0.218 e. The van der Waals surface area contributed by atoms with Gasteiger partial charge in [0.25, 0.3) is 0 Å². The molecule has 5 nitrogen and oxygen atoms in total. The lowest BCUT2D eigenvalue weighted by Crippen LogP contribution is -2.34. The van der Waals surface area contributed by atoms with Gasteiger partial charge in [-0.1, -0.05) is 0 Å². The van der Waals surface area contributed by atoms with Crippen LogP contribution in [-0.4, -0.2) is 27.3 Å². The van der Waals surface area contributed by atoms with Crippen LogP contribution in [0.5, 0.6) is 0 Å². The number of nitrogens with zero attached hydrogens (tertiary/aromatic N) is 3. The van der Waals surface area contributed by atoms with E-state index in [0.717, 1.165) is 10.8 Å². The van der Waals surface area contributed by atoms with Crippen LogP contribution in [0.25, 0.3) is 10.9 Å². The first-order chi connectivity index (χ1) is 10.3. The Morgan fingerprint density at radius 2 is 2.14 bits per heavy atom. The molecule has 0 amide bonds. The van der Waals surface area contributed by atoms with Gasteiger partial charge in [0.1, 0.15) is 0 Å². The number of aliphatic imine (C=N–C) groups is 1. The summed E-state index contributed by atoms with van der Waals surface area (Å²) in [5, 5.41) is 15.2. The number of hydrogen-bond donors (Lipinski definition) is 2. The number of hydroxylamine groups is 2. The highest BCUT2D eigenvalue weighted by Gasteiger charge is 2.20. The lowest BCUT2D eigenvalue weighted by molar-refractivity contribution is -0.0685. The van der Waals surface area contributed by atoms with Crippen LogP contribution in [0.15, 0.2) is 47.7 Å². The second kappa shape index (κ2) is 4.93. The van der Waals surface area contributed by atoms with E-state index >= 15 is 0 Å². The Morgan fingerprint density at radius 3 is 2.90 bits per heavy atom. The van der Waals surface area contributed by atoms with Crippen LogP contribution in [0, 0.1) is 0 Å². The van der Waals surface area contributed by atoms with Crippen LogP contribution < -0.4 is 5.32 Å². The molecular formula is C16H18N4O. The zero-order chi connectivity index (χ0) is 14.2. The van der Waals surface area contributed by atoms with E-state index in [1.54, 1.807) is 18.5 Å². The lowest BCUT2D eigenvalue weighted by atomic mass is 9.93. The van der Waals surface area contributed by atoms with Gasteiger partial charge in [-0.05, 0) is 49.6 Å². The monoisotopic (exact) mass is 282 g/mol. The molecule has 2 aromatic rings. The lowest BCUT2D eigenvalue weighted by Gasteiger charge is -2.28. The number of fused-ring (bicyclic) bond motifs is 1. The van der Waals surface area contributed by atoms with E-state index in [-0.39, 0.29) is 0 Å². The zero-order valence-corrected chi connectivity index (χ0v) is 11.7. The summed E-state index contributed by atoms with van der Waals surface area (Å²) in [5.41, 5.74) is 2.23. The molecule has 5 heteroatoms. The fourth-order valence-corrected chi connectivity index (χ4v) is 2.90. The van der Waals surface area contributed by atoms with Crippen LogP contribution >= 0.6 is 0 Å². The van der Waals surface area contributed by atoms with Crippen molar-refractivity contribution < 1.29 is 5.21 Å². The molecule has 4 rings (SSSR count). The van der Waals surface area contributed by atoms with E-state index in [0.29, 0.717) is 6.04 Å². The van der Waals surface area contributed by atoms with Crippen molar-refractivity contribution in [1.29, 1.82) is 0 Å². The van der Waals surface area contributed by atoms with E-state index in [1.807, 2.05) is 6.07 Å². The Hall–Kier alpha value is -2.27. The SMILES string of the molecule is ON1C=CC=NC1Nc1ccc2c(ccn2C2CCC2)c1. The molecule has 0 radical (unpaired) electrons. The average Bonchev–Trinajstić information content (AvgIpc) is 2.83. The molecule has 1 aliphatic heterocycles. The minimum atomic E-state index is -0.471. The fraction of sp³-hybridized carbons (Fsp3) is 0.312. The number of rotatable bonds is 3. The minimum absolute atomic E-state index is 0.471. The molecule has 0 spiro atoms. The van der Waals surface area contributed by atoms with E-state index in [1.165, 1.54) is 30.2 Å². The van der Waals surface area contributed by atoms with Crippen molar-refractivity contribution in [2.45, 2.75) is 31.6 Å². The molecule has 1 fully saturated rings. The summed E-state index contributed by atoms with van der Waals surface area (Å²) < 4.78 is 2.38. The summed E-state index contributed by atoms with van der Waals surface area (Å²) >= 11 is 0. The summed E-state index contributed by atoms with van der Waals surface area (Å²) in [4.78, 5) is 4.19. The van der Waals surface area contributed by atoms with E-state index < -0.39 is 6.29 Å². The van der Waals surface area contributed by atoms with Crippen LogP contribution in [0.2, 0.25) is 0 Å². The third-order valence-corrected chi connectivity index (χ3v) is 4.29. The first kappa shape index (κ1) is 12.5. The maximum absolute atomic E-state index is 9.73. The third kappa shape index (κ3) is 2.19. The van der Waals surface area contributed by atoms with Crippen LogP contribution in [0.3, 0.4) is 0 Å². The predicted octanol–water partition coefficient (Wildman–Crippen LogP) is 3.35. The smallest absolute Gasteiger partial charge is 0.218 e. The molecule has 2 heterocycles. The van der Waals surface area contributed by atoms with E-state index in [2.05, 4.69) is 39.3 Å². The average molecular weight is 282 g/mol. The standard InChI is InChI=1S/C16H18N4O/c21-20-9-2-8-17-16(20)18-13-5-6-15-12(11-13)7-10-19(15)14-3-1-4-14/h2,5-11,14,16,18,21H,1,3-4H2. The third-order valence-electron chi connectivity index (χ3n) is 4.29. The minimum Gasteiger partial charge on any atom is -0.345 e. The number of hydrogen-bond acceptors (Lipinski definition) is 4. The Balaban J connectivity index is 1.59. The molecule has 1 aromatic carbocycles. The second-order valence-corrected chi connectivity index (χ2v) is 5.62. The summed E-state index contributed by atoms with van der Waals surface area (Å²) in [6, 6.07) is 9.10. The summed E-state index contributed by atoms with van der Waals surface area (Å²) in [6.45, 7) is 0. The Morgan fingerprint density at radius 1 is 1.24 bits per heavy atom. The van der Waals surface area contributed by atoms with E-state index in [9.17, 15) is 5.21 Å². The van der Waals surface area contributed by atoms with Gasteiger partial charge in [-0.25, -0.2) is 10.1 Å². The van der Waals surface area contributed by atoms with E-state index in [4.69, 9.17) is 0 Å². The molecule has 1 saturated carbocycles. The van der Waals surface area contributed by atoms with Crippen molar-refractivity contribution >= 4 is 22.8 Å². The Kier molecular flexibility index (Phi) is 2.93. The number of anilines is 1. The van der Waals surface area contributed by atoms with Crippen molar-refractivity contribution in [2.24, 2.45) is 4.99 Å². The van der Waals surface area contributed by atoms with Crippen molar-refractivity contribution in [2.75, 3.05) is 5.32 Å². The molecule has 2 N–H and O–H groups in total. The number of benzene rings is 1. The molecular weight excluding hydrogens is 264 g/mol. The van der Waals surface area contributed by atoms with Gasteiger partial charge in [-0.3, -0.25) is 5.21 Å². The van der Waals surface area contributed by atoms with Gasteiger partial charge in [0.05, 0.1) is 0 Å². The molecule has 108 valence electrons. The van der Waals surface area contributed by atoms with Gasteiger partial charge in [0.2, 0.25) is 6.29 Å². The zero-order valence-electron chi connectivity index (χ0n) is 11.7. The van der Waals surface area contributed by atoms with Crippen LogP contribution in [0.4, 0.5) is 5.69 Å². The van der Waals surface area contributed by atoms with Gasteiger partial charge < -0.3 is 9.88 Å². The maximum atomic E-state index is 9.73. The Bertz CT molecular complexity index is 714. The van der Waals surface area contributed by atoms with Crippen LogP contribution in [-0.2, 0) is 0 Å². The molecule has 1 unspecified atom stereocenters. The van der Waals surface area contributed by atoms with Crippen molar-refractivity contribution in [3.8, 4) is 0 Å². The molecule has 1 atom stereocenters. The number of aromatic nitrogens is 1. The van der Waals surface area contributed by atoms with Gasteiger partial charge in [0, 0.05) is 41.2 Å². The van der Waals surface area contributed by atoms with Crippen molar-refractivity contribution in [1.82, 2.24) is 9.63 Å². The molecule has 2 aliphatic rings. The fourth-order valence-electron chi connectivity index (χ4n) is 2.90. The highest BCUT2D eigenvalue weighted by atomic mass is 16.5. The van der Waals surface area contributed by atoms with Crippen molar-refractivity contribution in [3.63, 3.8) is 0 Å². The Labute approximate surface area is 123 Å². The van der Waals surface area contributed by atoms with Crippen LogP contribution in [0.1, 0.15) is 25.3 Å². The highest BCUT2D eigenvalue weighted by molar-refractivity contribution is 5.84. The summed E-state index contributed by atoms with van der Waals surface area (Å²) in [6.07, 6.45) is 10.6. The quantitative estimate of drug-likeness (QED) is 0.907. The number of allylic oxidation sites excluding steroid dienone is 1. The van der Waals surface area contributed by atoms with Crippen molar-refractivity contribution in [3.05, 3.63) is 42.7 Å². The summed E-state index contributed by atoms with van der Waals surface area (Å²) in [7, 11) is 0. The summed E-state index contributed by atoms with van der Waals surface area (Å²) in [5.74, 6) is 0.